The van der Waals surface area contributed by atoms with E-state index in [4.69, 9.17) is 0 Å². The smallest absolute Gasteiger partial charge is 0.289 e. The quantitative estimate of drug-likeness (QED) is 0.435. The molecule has 1 aromatic carbocycles. The molecule has 3 N–H and O–H groups in total. The first-order valence-electron chi connectivity index (χ1n) is 9.51. The lowest BCUT2D eigenvalue weighted by atomic mass is 10.2. The number of hydrogen-bond acceptors (Lipinski definition) is 6. The van der Waals surface area contributed by atoms with Crippen molar-refractivity contribution in [3.8, 4) is 0 Å². The minimum absolute atomic E-state index is 0.0434. The van der Waals surface area contributed by atoms with E-state index in [-0.39, 0.29) is 24.3 Å². The number of nitrogens with one attached hydrogen (secondary N) is 3. The second-order valence-electron chi connectivity index (χ2n) is 7.02. The Balaban J connectivity index is 1.66. The van der Waals surface area contributed by atoms with E-state index < -0.39 is 0 Å². The molecule has 0 unspecified atom stereocenters. The zero-order valence-electron chi connectivity index (χ0n) is 16.8. The highest BCUT2D eigenvalue weighted by Gasteiger charge is 2.16. The average molecular weight is 398 g/mol. The van der Waals surface area contributed by atoms with Crippen LogP contribution in [-0.4, -0.2) is 62.1 Å². The van der Waals surface area contributed by atoms with Gasteiger partial charge < -0.3 is 20.5 Å². The summed E-state index contributed by atoms with van der Waals surface area (Å²) in [5, 5.41) is 9.93. The van der Waals surface area contributed by atoms with Crippen molar-refractivity contribution in [1.29, 1.82) is 0 Å². The summed E-state index contributed by atoms with van der Waals surface area (Å²) < 4.78 is 1.58. The molecule has 2 amide bonds. The molecule has 0 aliphatic heterocycles. The zero-order chi connectivity index (χ0) is 20.8. The highest BCUT2D eigenvalue weighted by atomic mass is 16.2. The van der Waals surface area contributed by atoms with E-state index in [2.05, 4.69) is 30.7 Å². The second kappa shape index (κ2) is 9.28. The maximum absolute atomic E-state index is 12.4. The Labute approximate surface area is 168 Å². The maximum Gasteiger partial charge on any atom is 0.289 e. The Hall–Kier alpha value is -3.27. The van der Waals surface area contributed by atoms with Gasteiger partial charge in [0.25, 0.3) is 5.91 Å². The summed E-state index contributed by atoms with van der Waals surface area (Å²) in [5.41, 5.74) is 2.66. The van der Waals surface area contributed by atoms with Crippen molar-refractivity contribution in [2.45, 2.75) is 33.0 Å². The van der Waals surface area contributed by atoms with Gasteiger partial charge in [-0.15, -0.1) is 0 Å². The lowest BCUT2D eigenvalue weighted by molar-refractivity contribution is -0.118. The summed E-state index contributed by atoms with van der Waals surface area (Å²) >= 11 is 0. The highest BCUT2D eigenvalue weighted by molar-refractivity contribution is 5.90. The van der Waals surface area contributed by atoms with Gasteiger partial charge in [-0.1, -0.05) is 6.07 Å². The molecule has 0 aliphatic carbocycles. The zero-order valence-corrected chi connectivity index (χ0v) is 16.8. The predicted octanol–water partition coefficient (Wildman–Crippen LogP) is 0.843. The molecule has 3 rings (SSSR count). The molecule has 0 saturated heterocycles. The molecule has 0 bridgehead atoms. The lowest BCUT2D eigenvalue weighted by Gasteiger charge is -2.16. The third kappa shape index (κ3) is 4.96. The molecule has 0 saturated carbocycles. The van der Waals surface area contributed by atoms with Gasteiger partial charge in [0, 0.05) is 25.7 Å². The van der Waals surface area contributed by atoms with E-state index in [1.165, 1.54) is 6.33 Å². The number of imidazole rings is 1. The number of nitrogens with zero attached hydrogens (tertiary/aromatic N) is 5. The van der Waals surface area contributed by atoms with E-state index in [1.807, 2.05) is 39.1 Å². The standard InChI is InChI=1S/C19H26N8O2/c1-13(2)27-18(22-11-23-27)19(29)21-9-17-24-15-5-4-14(8-16(15)25-17)10-26(12-28)7-6-20-3/h4-5,8,11-13,20H,6-7,9-10H2,1-3H3,(H,21,29)(H,24,25). The van der Waals surface area contributed by atoms with Crippen LogP contribution in [0.15, 0.2) is 24.5 Å². The van der Waals surface area contributed by atoms with Gasteiger partial charge in [0.1, 0.15) is 12.2 Å². The van der Waals surface area contributed by atoms with Gasteiger partial charge >= 0.3 is 0 Å². The molecule has 0 spiro atoms. The topological polar surface area (TPSA) is 121 Å². The van der Waals surface area contributed by atoms with Gasteiger partial charge in [0.15, 0.2) is 0 Å². The Morgan fingerprint density at radius 3 is 2.93 bits per heavy atom. The molecule has 0 fully saturated rings. The van der Waals surface area contributed by atoms with Crippen LogP contribution in [-0.2, 0) is 17.9 Å². The fraction of sp³-hybridized carbons (Fsp3) is 0.421. The van der Waals surface area contributed by atoms with Crippen molar-refractivity contribution in [2.24, 2.45) is 0 Å². The van der Waals surface area contributed by atoms with E-state index in [0.717, 1.165) is 29.6 Å². The van der Waals surface area contributed by atoms with Crippen LogP contribution >= 0.6 is 0 Å². The normalized spacial score (nSPS) is 11.2. The van der Waals surface area contributed by atoms with Crippen molar-refractivity contribution in [1.82, 2.24) is 40.3 Å². The summed E-state index contributed by atoms with van der Waals surface area (Å²) in [6.45, 7) is 6.02. The van der Waals surface area contributed by atoms with Crippen LogP contribution in [0.4, 0.5) is 0 Å². The molecule has 10 heteroatoms. The van der Waals surface area contributed by atoms with Gasteiger partial charge in [0.2, 0.25) is 12.2 Å². The number of likely N-dealkylation sites (N-methyl/N-ethyl adjacent to an activating group) is 1. The number of aromatic amines is 1. The van der Waals surface area contributed by atoms with Gasteiger partial charge in [-0.05, 0) is 38.6 Å². The van der Waals surface area contributed by atoms with Crippen LogP contribution in [0, 0.1) is 0 Å². The number of fused-ring (bicyclic) bond motifs is 1. The van der Waals surface area contributed by atoms with Gasteiger partial charge in [-0.3, -0.25) is 9.59 Å². The fourth-order valence-corrected chi connectivity index (χ4v) is 2.98. The number of benzene rings is 1. The summed E-state index contributed by atoms with van der Waals surface area (Å²) in [6, 6.07) is 5.87. The third-order valence-corrected chi connectivity index (χ3v) is 4.46. The first-order valence-corrected chi connectivity index (χ1v) is 9.51. The van der Waals surface area contributed by atoms with Crippen LogP contribution in [0.1, 0.15) is 41.9 Å². The molecular weight excluding hydrogens is 372 g/mol. The van der Waals surface area contributed by atoms with Gasteiger partial charge in [-0.25, -0.2) is 14.6 Å². The van der Waals surface area contributed by atoms with Crippen molar-refractivity contribution in [3.63, 3.8) is 0 Å². The second-order valence-corrected chi connectivity index (χ2v) is 7.02. The van der Waals surface area contributed by atoms with E-state index in [0.29, 0.717) is 18.9 Å². The molecule has 2 heterocycles. The average Bonchev–Trinajstić information content (AvgIpc) is 3.35. The van der Waals surface area contributed by atoms with Crippen LogP contribution in [0.25, 0.3) is 11.0 Å². The van der Waals surface area contributed by atoms with Crippen molar-refractivity contribution in [3.05, 3.63) is 41.7 Å². The molecule has 2 aromatic heterocycles. The first-order chi connectivity index (χ1) is 14.0. The predicted molar refractivity (Wildman–Crippen MR) is 108 cm³/mol. The Bertz CT molecular complexity index is 978. The van der Waals surface area contributed by atoms with Crippen molar-refractivity contribution in [2.75, 3.05) is 20.1 Å². The monoisotopic (exact) mass is 398 g/mol. The van der Waals surface area contributed by atoms with Crippen LogP contribution in [0.5, 0.6) is 0 Å². The molecule has 0 radical (unpaired) electrons. The maximum atomic E-state index is 12.4. The number of amides is 2. The molecule has 3 aromatic rings. The summed E-state index contributed by atoms with van der Waals surface area (Å²) in [5.74, 6) is 0.612. The van der Waals surface area contributed by atoms with Crippen molar-refractivity contribution < 1.29 is 9.59 Å². The number of carbonyl (C=O) groups is 2. The third-order valence-electron chi connectivity index (χ3n) is 4.46. The first kappa shape index (κ1) is 20.5. The SMILES string of the molecule is CNCCN(C=O)Cc1ccc2nc(CNC(=O)c3ncnn3C(C)C)[nH]c2c1. The number of H-pyrrole nitrogens is 1. The van der Waals surface area contributed by atoms with Gasteiger partial charge in [0.05, 0.1) is 17.6 Å². The number of hydrogen-bond donors (Lipinski definition) is 3. The summed E-state index contributed by atoms with van der Waals surface area (Å²) in [6.07, 6.45) is 2.22. The Kier molecular flexibility index (Phi) is 6.55. The lowest BCUT2D eigenvalue weighted by Crippen LogP contribution is -2.29. The van der Waals surface area contributed by atoms with Gasteiger partial charge in [-0.2, -0.15) is 5.10 Å². The van der Waals surface area contributed by atoms with Crippen LogP contribution in [0.3, 0.4) is 0 Å². The number of carbonyl (C=O) groups excluding carboxylic acids is 2. The van der Waals surface area contributed by atoms with E-state index >= 15 is 0 Å². The molecule has 0 aliphatic rings. The molecule has 154 valence electrons. The molecule has 29 heavy (non-hydrogen) atoms. The summed E-state index contributed by atoms with van der Waals surface area (Å²) in [4.78, 5) is 37.1. The van der Waals surface area contributed by atoms with Crippen molar-refractivity contribution >= 4 is 23.4 Å². The fourth-order valence-electron chi connectivity index (χ4n) is 2.98. The van der Waals surface area contributed by atoms with Crippen LogP contribution < -0.4 is 10.6 Å². The minimum Gasteiger partial charge on any atom is -0.342 e. The number of aromatic nitrogens is 5. The molecule has 0 atom stereocenters. The Morgan fingerprint density at radius 2 is 2.21 bits per heavy atom. The molecule has 10 nitrogen and oxygen atoms in total. The summed E-state index contributed by atoms with van der Waals surface area (Å²) in [7, 11) is 1.85. The number of rotatable bonds is 10. The van der Waals surface area contributed by atoms with E-state index in [1.54, 1.807) is 9.58 Å². The molecular formula is C19H26N8O2. The largest absolute Gasteiger partial charge is 0.342 e. The highest BCUT2D eigenvalue weighted by Crippen LogP contribution is 2.15. The van der Waals surface area contributed by atoms with Crippen LogP contribution in [0.2, 0.25) is 0 Å². The minimum atomic E-state index is -0.302. The van der Waals surface area contributed by atoms with E-state index in [9.17, 15) is 9.59 Å². The Morgan fingerprint density at radius 1 is 1.38 bits per heavy atom.